The maximum atomic E-state index is 12.1. The molecule has 0 bridgehead atoms. The fourth-order valence-electron chi connectivity index (χ4n) is 1.79. The SMILES string of the molecule is Cc1cnc(C(=O)N2CCNCC2C)cn1.Cl.Cl. The summed E-state index contributed by atoms with van der Waals surface area (Å²) in [6.45, 7) is 6.30. The molecule has 1 N–H and O–H groups in total. The molecule has 0 saturated carbocycles. The van der Waals surface area contributed by atoms with Crippen LogP contribution in [0.4, 0.5) is 0 Å². The van der Waals surface area contributed by atoms with Crippen molar-refractivity contribution < 1.29 is 4.79 Å². The minimum atomic E-state index is -0.0264. The quantitative estimate of drug-likeness (QED) is 0.841. The van der Waals surface area contributed by atoms with Crippen molar-refractivity contribution in [2.75, 3.05) is 19.6 Å². The van der Waals surface area contributed by atoms with E-state index in [1.165, 1.54) is 0 Å². The lowest BCUT2D eigenvalue weighted by atomic mass is 10.2. The van der Waals surface area contributed by atoms with Crippen molar-refractivity contribution in [2.45, 2.75) is 19.9 Å². The van der Waals surface area contributed by atoms with Crippen LogP contribution in [0.2, 0.25) is 0 Å². The fraction of sp³-hybridized carbons (Fsp3) is 0.545. The van der Waals surface area contributed by atoms with Crippen LogP contribution in [0.15, 0.2) is 12.4 Å². The molecule has 0 radical (unpaired) electrons. The van der Waals surface area contributed by atoms with Gasteiger partial charge in [-0.3, -0.25) is 9.78 Å². The second kappa shape index (κ2) is 7.51. The highest BCUT2D eigenvalue weighted by Gasteiger charge is 2.24. The average molecular weight is 293 g/mol. The van der Waals surface area contributed by atoms with Crippen LogP contribution < -0.4 is 5.32 Å². The number of amides is 1. The Morgan fingerprint density at radius 1 is 1.39 bits per heavy atom. The zero-order valence-electron chi connectivity index (χ0n) is 10.4. The van der Waals surface area contributed by atoms with Gasteiger partial charge in [-0.25, -0.2) is 4.98 Å². The van der Waals surface area contributed by atoms with Crippen molar-refractivity contribution >= 4 is 30.7 Å². The highest BCUT2D eigenvalue weighted by molar-refractivity contribution is 5.92. The predicted molar refractivity (Wildman–Crippen MR) is 74.6 cm³/mol. The number of aromatic nitrogens is 2. The topological polar surface area (TPSA) is 58.1 Å². The summed E-state index contributed by atoms with van der Waals surface area (Å²) in [5, 5.41) is 3.25. The highest BCUT2D eigenvalue weighted by Crippen LogP contribution is 2.07. The lowest BCUT2D eigenvalue weighted by molar-refractivity contribution is 0.0649. The summed E-state index contributed by atoms with van der Waals surface area (Å²) in [5.41, 5.74) is 1.25. The standard InChI is InChI=1S/C11H16N4O.2ClH/c1-8-5-14-10(7-13-8)11(16)15-4-3-12-6-9(15)2;;/h5,7,9,12H,3-4,6H2,1-2H3;2*1H. The Morgan fingerprint density at radius 2 is 2.11 bits per heavy atom. The lowest BCUT2D eigenvalue weighted by Gasteiger charge is -2.33. The summed E-state index contributed by atoms with van der Waals surface area (Å²) in [6.07, 6.45) is 3.17. The van der Waals surface area contributed by atoms with E-state index in [2.05, 4.69) is 15.3 Å². The molecule has 0 aliphatic carbocycles. The Hall–Kier alpha value is -0.910. The van der Waals surface area contributed by atoms with E-state index in [-0.39, 0.29) is 36.8 Å². The number of nitrogens with one attached hydrogen (secondary N) is 1. The molecule has 1 saturated heterocycles. The molecule has 1 aliphatic heterocycles. The van der Waals surface area contributed by atoms with Crippen molar-refractivity contribution in [3.8, 4) is 0 Å². The van der Waals surface area contributed by atoms with Gasteiger partial charge in [-0.05, 0) is 13.8 Å². The van der Waals surface area contributed by atoms with Crippen molar-refractivity contribution in [1.29, 1.82) is 0 Å². The summed E-state index contributed by atoms with van der Waals surface area (Å²) in [4.78, 5) is 22.2. The summed E-state index contributed by atoms with van der Waals surface area (Å²) in [5.74, 6) is -0.0264. The number of hydrogen-bond acceptors (Lipinski definition) is 4. The first-order chi connectivity index (χ1) is 7.68. The van der Waals surface area contributed by atoms with Gasteiger partial charge in [0.15, 0.2) is 0 Å². The number of hydrogen-bond donors (Lipinski definition) is 1. The van der Waals surface area contributed by atoms with E-state index in [1.54, 1.807) is 12.4 Å². The molecule has 1 fully saturated rings. The van der Waals surface area contributed by atoms with Gasteiger partial charge in [0.05, 0.1) is 11.9 Å². The van der Waals surface area contributed by atoms with Crippen molar-refractivity contribution in [3.63, 3.8) is 0 Å². The molecule has 1 aliphatic rings. The predicted octanol–water partition coefficient (Wildman–Crippen LogP) is 1.06. The van der Waals surface area contributed by atoms with Gasteiger partial charge in [0, 0.05) is 31.9 Å². The lowest BCUT2D eigenvalue weighted by Crippen LogP contribution is -2.52. The number of carbonyl (C=O) groups excluding carboxylic acids is 1. The smallest absolute Gasteiger partial charge is 0.274 e. The van der Waals surface area contributed by atoms with E-state index in [4.69, 9.17) is 0 Å². The minimum absolute atomic E-state index is 0. The van der Waals surface area contributed by atoms with Crippen LogP contribution in [0.1, 0.15) is 23.1 Å². The first-order valence-electron chi connectivity index (χ1n) is 5.49. The maximum Gasteiger partial charge on any atom is 0.274 e. The van der Waals surface area contributed by atoms with Crippen LogP contribution in [-0.4, -0.2) is 46.5 Å². The first-order valence-corrected chi connectivity index (χ1v) is 5.49. The summed E-state index contributed by atoms with van der Waals surface area (Å²) >= 11 is 0. The van der Waals surface area contributed by atoms with Crippen molar-refractivity contribution in [1.82, 2.24) is 20.2 Å². The Kier molecular flexibility index (Phi) is 7.13. The Bertz CT molecular complexity index is 385. The van der Waals surface area contributed by atoms with E-state index in [0.717, 1.165) is 25.3 Å². The average Bonchev–Trinajstić information content (AvgIpc) is 2.30. The molecular formula is C11H18Cl2N4O. The molecule has 2 rings (SSSR count). The third-order valence-corrected chi connectivity index (χ3v) is 2.76. The monoisotopic (exact) mass is 292 g/mol. The van der Waals surface area contributed by atoms with E-state index < -0.39 is 0 Å². The van der Waals surface area contributed by atoms with Gasteiger partial charge in [0.1, 0.15) is 5.69 Å². The molecule has 1 atom stereocenters. The van der Waals surface area contributed by atoms with Crippen LogP contribution in [0.3, 0.4) is 0 Å². The summed E-state index contributed by atoms with van der Waals surface area (Å²) < 4.78 is 0. The van der Waals surface area contributed by atoms with Gasteiger partial charge < -0.3 is 10.2 Å². The molecule has 102 valence electrons. The molecule has 1 amide bonds. The summed E-state index contributed by atoms with van der Waals surface area (Å²) in [7, 11) is 0. The number of halogens is 2. The Labute approximate surface area is 119 Å². The largest absolute Gasteiger partial charge is 0.332 e. The normalized spacial score (nSPS) is 18.6. The third kappa shape index (κ3) is 3.80. The molecule has 1 aromatic rings. The van der Waals surface area contributed by atoms with Crippen LogP contribution in [-0.2, 0) is 0 Å². The number of carbonyl (C=O) groups is 1. The van der Waals surface area contributed by atoms with Gasteiger partial charge >= 0.3 is 0 Å². The number of nitrogens with zero attached hydrogens (tertiary/aromatic N) is 3. The second-order valence-electron chi connectivity index (χ2n) is 4.09. The third-order valence-electron chi connectivity index (χ3n) is 2.76. The number of rotatable bonds is 1. The maximum absolute atomic E-state index is 12.1. The molecular weight excluding hydrogens is 275 g/mol. The van der Waals surface area contributed by atoms with E-state index in [1.807, 2.05) is 18.7 Å². The number of piperazine rings is 1. The molecule has 2 heterocycles. The van der Waals surface area contributed by atoms with E-state index >= 15 is 0 Å². The highest BCUT2D eigenvalue weighted by atomic mass is 35.5. The van der Waals surface area contributed by atoms with Gasteiger partial charge in [0.2, 0.25) is 0 Å². The molecule has 5 nitrogen and oxygen atoms in total. The van der Waals surface area contributed by atoms with Gasteiger partial charge in [-0.15, -0.1) is 24.8 Å². The molecule has 1 aromatic heterocycles. The fourth-order valence-corrected chi connectivity index (χ4v) is 1.79. The summed E-state index contributed by atoms with van der Waals surface area (Å²) in [6, 6.07) is 0.212. The van der Waals surface area contributed by atoms with Gasteiger partial charge in [-0.2, -0.15) is 0 Å². The molecule has 0 aromatic carbocycles. The van der Waals surface area contributed by atoms with Crippen molar-refractivity contribution in [2.24, 2.45) is 0 Å². The molecule has 7 heteroatoms. The second-order valence-corrected chi connectivity index (χ2v) is 4.09. The first kappa shape index (κ1) is 17.1. The Balaban J connectivity index is 0.00000144. The van der Waals surface area contributed by atoms with Crippen LogP contribution in [0.5, 0.6) is 0 Å². The zero-order valence-corrected chi connectivity index (χ0v) is 12.1. The molecule has 18 heavy (non-hydrogen) atoms. The zero-order chi connectivity index (χ0) is 11.5. The van der Waals surface area contributed by atoms with E-state index in [9.17, 15) is 4.79 Å². The van der Waals surface area contributed by atoms with Gasteiger partial charge in [-0.1, -0.05) is 0 Å². The van der Waals surface area contributed by atoms with Crippen LogP contribution in [0, 0.1) is 6.92 Å². The number of aryl methyl sites for hydroxylation is 1. The van der Waals surface area contributed by atoms with Crippen LogP contribution >= 0.6 is 24.8 Å². The minimum Gasteiger partial charge on any atom is -0.332 e. The van der Waals surface area contributed by atoms with Crippen LogP contribution in [0.25, 0.3) is 0 Å². The molecule has 0 spiro atoms. The van der Waals surface area contributed by atoms with Crippen molar-refractivity contribution in [3.05, 3.63) is 23.8 Å². The van der Waals surface area contributed by atoms with Gasteiger partial charge in [0.25, 0.3) is 5.91 Å². The Morgan fingerprint density at radius 3 is 2.67 bits per heavy atom. The van der Waals surface area contributed by atoms with E-state index in [0.29, 0.717) is 5.69 Å². The molecule has 1 unspecified atom stereocenters.